The molecule has 2 aliphatic heterocycles. The summed E-state index contributed by atoms with van der Waals surface area (Å²) in [7, 11) is 0. The van der Waals surface area contributed by atoms with Crippen LogP contribution in [0.15, 0.2) is 22.8 Å². The van der Waals surface area contributed by atoms with Crippen LogP contribution in [-0.4, -0.2) is 42.9 Å². The van der Waals surface area contributed by atoms with E-state index in [9.17, 15) is 4.79 Å². The fraction of sp³-hybridized carbons (Fsp3) is 0.550. The third-order valence-electron chi connectivity index (χ3n) is 5.90. The molecule has 2 fully saturated rings. The Balaban J connectivity index is 1.30. The largest absolute Gasteiger partial charge is 0.464 e. The first-order valence-electron chi connectivity index (χ1n) is 9.30. The van der Waals surface area contributed by atoms with Crippen LogP contribution in [0.5, 0.6) is 0 Å². The van der Waals surface area contributed by atoms with Crippen LogP contribution in [0.4, 0.5) is 0 Å². The second-order valence-corrected chi connectivity index (χ2v) is 7.40. The molecule has 1 aromatic carbocycles. The first-order valence-corrected chi connectivity index (χ1v) is 9.30. The number of hydrogen-bond acceptors (Lipinski definition) is 4. The SMILES string of the molecule is O=C(Cc1coc2cc3c(cc12)CCC3)N1CCC2(CC1)OCCO2. The molecular formula is C20H23NO4. The van der Waals surface area contributed by atoms with Crippen LogP contribution in [0.25, 0.3) is 11.0 Å². The molecule has 1 amide bonds. The fourth-order valence-electron chi connectivity index (χ4n) is 4.44. The van der Waals surface area contributed by atoms with Crippen LogP contribution < -0.4 is 0 Å². The molecular weight excluding hydrogens is 318 g/mol. The lowest BCUT2D eigenvalue weighted by molar-refractivity contribution is -0.187. The van der Waals surface area contributed by atoms with Gasteiger partial charge in [-0.3, -0.25) is 4.79 Å². The molecule has 1 aliphatic carbocycles. The van der Waals surface area contributed by atoms with Crippen molar-refractivity contribution in [3.63, 3.8) is 0 Å². The van der Waals surface area contributed by atoms with Gasteiger partial charge in [0.15, 0.2) is 5.79 Å². The number of amides is 1. The number of nitrogens with zero attached hydrogens (tertiary/aromatic N) is 1. The molecule has 1 spiro atoms. The molecule has 5 heteroatoms. The lowest BCUT2D eigenvalue weighted by Crippen LogP contribution is -2.47. The Bertz CT molecular complexity index is 808. The second-order valence-electron chi connectivity index (χ2n) is 7.40. The standard InChI is InChI=1S/C20H23NO4/c22-19(21-6-4-20(5-7-21)24-8-9-25-20)12-16-13-23-18-11-15-3-1-2-14(15)10-17(16)18/h10-11,13H,1-9,12H2. The molecule has 0 saturated carbocycles. The van der Waals surface area contributed by atoms with Gasteiger partial charge < -0.3 is 18.8 Å². The van der Waals surface area contributed by atoms with Crippen LogP contribution in [0, 0.1) is 0 Å². The summed E-state index contributed by atoms with van der Waals surface area (Å²) in [5.74, 6) is -0.268. The fourth-order valence-corrected chi connectivity index (χ4v) is 4.44. The van der Waals surface area contributed by atoms with Gasteiger partial charge in [0.25, 0.3) is 0 Å². The van der Waals surface area contributed by atoms with Gasteiger partial charge in [-0.05, 0) is 42.5 Å². The van der Waals surface area contributed by atoms with Gasteiger partial charge in [-0.2, -0.15) is 0 Å². The van der Waals surface area contributed by atoms with Crippen LogP contribution in [-0.2, 0) is 33.5 Å². The van der Waals surface area contributed by atoms with E-state index in [-0.39, 0.29) is 5.91 Å². The van der Waals surface area contributed by atoms with E-state index < -0.39 is 5.79 Å². The van der Waals surface area contributed by atoms with Crippen molar-refractivity contribution in [3.8, 4) is 0 Å². The summed E-state index contributed by atoms with van der Waals surface area (Å²) in [5, 5.41) is 1.10. The zero-order chi connectivity index (χ0) is 16.9. The minimum Gasteiger partial charge on any atom is -0.464 e. The van der Waals surface area contributed by atoms with Gasteiger partial charge in [-0.1, -0.05) is 0 Å². The Morgan fingerprint density at radius 3 is 2.56 bits per heavy atom. The predicted octanol–water partition coefficient (Wildman–Crippen LogP) is 2.83. The van der Waals surface area contributed by atoms with Crippen molar-refractivity contribution in [2.24, 2.45) is 0 Å². The molecule has 3 heterocycles. The zero-order valence-corrected chi connectivity index (χ0v) is 14.4. The van der Waals surface area contributed by atoms with Crippen LogP contribution in [0.2, 0.25) is 0 Å². The summed E-state index contributed by atoms with van der Waals surface area (Å²) in [6, 6.07) is 4.39. The summed E-state index contributed by atoms with van der Waals surface area (Å²) >= 11 is 0. The van der Waals surface area contributed by atoms with Gasteiger partial charge in [0, 0.05) is 36.9 Å². The third kappa shape index (κ3) is 2.66. The molecule has 0 N–H and O–H groups in total. The predicted molar refractivity (Wildman–Crippen MR) is 92.4 cm³/mol. The Morgan fingerprint density at radius 1 is 1.08 bits per heavy atom. The minimum absolute atomic E-state index is 0.163. The van der Waals surface area contributed by atoms with E-state index in [1.165, 1.54) is 17.5 Å². The quantitative estimate of drug-likeness (QED) is 0.843. The minimum atomic E-state index is -0.431. The Hall–Kier alpha value is -1.85. The molecule has 3 aliphatic rings. The van der Waals surface area contributed by atoms with E-state index in [1.54, 1.807) is 6.26 Å². The van der Waals surface area contributed by atoms with Gasteiger partial charge in [-0.25, -0.2) is 0 Å². The molecule has 5 nitrogen and oxygen atoms in total. The molecule has 0 atom stereocenters. The molecule has 132 valence electrons. The van der Waals surface area contributed by atoms with Crippen molar-refractivity contribution >= 4 is 16.9 Å². The summed E-state index contributed by atoms with van der Waals surface area (Å²) in [6.45, 7) is 2.73. The Morgan fingerprint density at radius 2 is 1.80 bits per heavy atom. The van der Waals surface area contributed by atoms with E-state index >= 15 is 0 Å². The first kappa shape index (κ1) is 15.4. The number of likely N-dealkylation sites (tertiary alicyclic amines) is 1. The van der Waals surface area contributed by atoms with Crippen molar-refractivity contribution in [1.82, 2.24) is 4.90 Å². The highest BCUT2D eigenvalue weighted by molar-refractivity contribution is 5.88. The van der Waals surface area contributed by atoms with E-state index in [1.807, 2.05) is 4.90 Å². The Labute approximate surface area is 146 Å². The normalized spacial score (nSPS) is 22.0. The molecule has 1 aromatic heterocycles. The number of carbonyl (C=O) groups is 1. The highest BCUT2D eigenvalue weighted by Gasteiger charge is 2.40. The lowest BCUT2D eigenvalue weighted by Gasteiger charge is -2.37. The first-order chi connectivity index (χ1) is 12.2. The summed E-state index contributed by atoms with van der Waals surface area (Å²) in [5.41, 5.74) is 4.73. The van der Waals surface area contributed by atoms with Crippen molar-refractivity contribution < 1.29 is 18.7 Å². The van der Waals surface area contributed by atoms with E-state index in [0.717, 1.165) is 42.2 Å². The van der Waals surface area contributed by atoms with Gasteiger partial charge >= 0.3 is 0 Å². The topological polar surface area (TPSA) is 51.9 Å². The van der Waals surface area contributed by atoms with Crippen molar-refractivity contribution in [2.45, 2.75) is 44.3 Å². The number of furan rings is 1. The summed E-state index contributed by atoms with van der Waals surface area (Å²) in [4.78, 5) is 14.7. The lowest BCUT2D eigenvalue weighted by atomic mass is 10.0. The number of carbonyl (C=O) groups excluding carboxylic acids is 1. The number of benzene rings is 1. The van der Waals surface area contributed by atoms with Gasteiger partial charge in [0.2, 0.25) is 5.91 Å². The number of hydrogen-bond donors (Lipinski definition) is 0. The number of piperidine rings is 1. The number of ether oxygens (including phenoxy) is 2. The average molecular weight is 341 g/mol. The van der Waals surface area contributed by atoms with Crippen molar-refractivity contribution in [3.05, 3.63) is 35.1 Å². The summed E-state index contributed by atoms with van der Waals surface area (Å²) in [6.07, 6.45) is 7.18. The Kier molecular flexibility index (Phi) is 3.61. The average Bonchev–Trinajstić information content (AvgIpc) is 3.35. The maximum atomic E-state index is 12.7. The number of rotatable bonds is 2. The smallest absolute Gasteiger partial charge is 0.227 e. The van der Waals surface area contributed by atoms with Crippen LogP contribution in [0.1, 0.15) is 36.0 Å². The highest BCUT2D eigenvalue weighted by atomic mass is 16.7. The highest BCUT2D eigenvalue weighted by Crippen LogP contribution is 2.33. The maximum Gasteiger partial charge on any atom is 0.227 e. The third-order valence-corrected chi connectivity index (χ3v) is 5.90. The van der Waals surface area contributed by atoms with E-state index in [0.29, 0.717) is 32.7 Å². The molecule has 25 heavy (non-hydrogen) atoms. The molecule has 0 bridgehead atoms. The molecule has 0 radical (unpaired) electrons. The molecule has 0 unspecified atom stereocenters. The summed E-state index contributed by atoms with van der Waals surface area (Å²) < 4.78 is 17.2. The number of aryl methyl sites for hydroxylation is 2. The van der Waals surface area contributed by atoms with Gasteiger partial charge in [-0.15, -0.1) is 0 Å². The van der Waals surface area contributed by atoms with Crippen LogP contribution >= 0.6 is 0 Å². The monoisotopic (exact) mass is 341 g/mol. The number of fused-ring (bicyclic) bond motifs is 2. The zero-order valence-electron chi connectivity index (χ0n) is 14.4. The van der Waals surface area contributed by atoms with Crippen molar-refractivity contribution in [2.75, 3.05) is 26.3 Å². The molecule has 5 rings (SSSR count). The van der Waals surface area contributed by atoms with E-state index in [4.69, 9.17) is 13.9 Å². The molecule has 2 saturated heterocycles. The molecule has 2 aromatic rings. The van der Waals surface area contributed by atoms with Gasteiger partial charge in [0.1, 0.15) is 5.58 Å². The van der Waals surface area contributed by atoms with E-state index in [2.05, 4.69) is 12.1 Å². The van der Waals surface area contributed by atoms with Crippen molar-refractivity contribution in [1.29, 1.82) is 0 Å². The maximum absolute atomic E-state index is 12.7. The van der Waals surface area contributed by atoms with Crippen LogP contribution in [0.3, 0.4) is 0 Å². The second kappa shape index (κ2) is 5.85. The van der Waals surface area contributed by atoms with Gasteiger partial charge in [0.05, 0.1) is 25.9 Å².